The van der Waals surface area contributed by atoms with Crippen LogP contribution < -0.4 is 16.0 Å². The van der Waals surface area contributed by atoms with Crippen LogP contribution in [0.2, 0.25) is 0 Å². The van der Waals surface area contributed by atoms with Crippen molar-refractivity contribution in [2.24, 2.45) is 0 Å². The molecule has 10 rings (SSSR count). The number of likely N-dealkylation sites (tertiary alicyclic amines) is 1. The number of piperidine rings is 2. The van der Waals surface area contributed by atoms with Crippen molar-refractivity contribution >= 4 is 132 Å². The van der Waals surface area contributed by atoms with Crippen LogP contribution in [0.5, 0.6) is 0 Å². The van der Waals surface area contributed by atoms with Gasteiger partial charge in [0.25, 0.3) is 0 Å². The van der Waals surface area contributed by atoms with E-state index >= 15 is 0 Å². The highest BCUT2D eigenvalue weighted by Crippen LogP contribution is 2.41. The highest BCUT2D eigenvalue weighted by Gasteiger charge is 2.30. The molecule has 2 saturated heterocycles. The van der Waals surface area contributed by atoms with Gasteiger partial charge < -0.3 is 16.0 Å². The molecule has 4 atom stereocenters. The van der Waals surface area contributed by atoms with Crippen LogP contribution in [0, 0.1) is 0 Å². The number of nitrogens with one attached hydrogen (secondary N) is 3. The number of rotatable bonds is 9. The molecule has 0 bridgehead atoms. The van der Waals surface area contributed by atoms with Crippen LogP contribution in [0.3, 0.4) is 0 Å². The topological polar surface area (TPSA) is 90.9 Å². The number of hydrogen-bond donors (Lipinski definition) is 3. The van der Waals surface area contributed by atoms with Crippen LogP contribution in [0.1, 0.15) is 61.1 Å². The summed E-state index contributed by atoms with van der Waals surface area (Å²) < 4.78 is 26.7. The lowest BCUT2D eigenvalue weighted by atomic mass is 9.88. The summed E-state index contributed by atoms with van der Waals surface area (Å²) in [5.41, 5.74) is 10.1. The van der Waals surface area contributed by atoms with Crippen LogP contribution >= 0.6 is 67.9 Å². The number of alkyl halides is 3. The number of hydrogen-bond acceptors (Lipinski definition) is 12. The van der Waals surface area contributed by atoms with E-state index in [0.717, 1.165) is 74.8 Å². The summed E-state index contributed by atoms with van der Waals surface area (Å²) in [6.45, 7) is 6.72. The number of halogens is 3. The maximum absolute atomic E-state index is 12.9. The fourth-order valence-corrected chi connectivity index (χ4v) is 12.0. The molecular weight excluding hydrogens is 934 g/mol. The van der Waals surface area contributed by atoms with Gasteiger partial charge >= 0.3 is 0 Å². The molecule has 308 valence electrons. The zero-order valence-corrected chi connectivity index (χ0v) is 38.4. The maximum Gasteiger partial charge on any atom is 0.125 e. The number of pyridine rings is 2. The lowest BCUT2D eigenvalue weighted by molar-refractivity contribution is 0.130. The van der Waals surface area contributed by atoms with Crippen molar-refractivity contribution < 1.29 is 8.78 Å². The summed E-state index contributed by atoms with van der Waals surface area (Å²) in [6, 6.07) is 22.2. The standard InChI is InChI=1S/C22H23FN4S2.C20H20N4S2.C2H4FI/c1-14-16(3-2-9-27(14)10-7-23)21-12-17-18(6-8-24-22(17)29-21)26-15-4-5-20-19(11-15)25-13-28-20;1-12-14(3-2-7-21-12)19-10-15-16(6-8-22-20(15)26-19)24-13-4-5-18-17(9-13)23-11-25-18;3-1-2-4/h4-6,8,11-14,16H,2-3,7,9-10H2,1H3,(H,24,26);4-6,8-12,14,21H,2-3,7H2,1H3,(H,22,24);1-2H2. The Bertz CT molecular complexity index is 2600. The van der Waals surface area contributed by atoms with E-state index < -0.39 is 0 Å². The van der Waals surface area contributed by atoms with Gasteiger partial charge in [-0.1, -0.05) is 22.6 Å². The third-order valence-electron chi connectivity index (χ3n) is 11.2. The predicted octanol–water partition coefficient (Wildman–Crippen LogP) is 13.1. The molecule has 6 aromatic heterocycles. The summed E-state index contributed by atoms with van der Waals surface area (Å²) in [6.07, 6.45) is 8.54. The number of fused-ring (bicyclic) bond motifs is 4. The zero-order chi connectivity index (χ0) is 40.7. The second-order valence-corrected chi connectivity index (χ2v) is 19.8. The number of nitrogens with zero attached hydrogens (tertiary/aromatic N) is 5. The van der Waals surface area contributed by atoms with Crippen molar-refractivity contribution in [2.75, 3.05) is 48.0 Å². The van der Waals surface area contributed by atoms with Crippen molar-refractivity contribution in [3.8, 4) is 0 Å². The molecule has 0 aliphatic carbocycles. The molecule has 2 aliphatic rings. The lowest BCUT2D eigenvalue weighted by Crippen LogP contribution is -2.43. The van der Waals surface area contributed by atoms with E-state index in [1.807, 2.05) is 63.4 Å². The average Bonchev–Trinajstić information content (AvgIpc) is 4.09. The molecule has 0 spiro atoms. The van der Waals surface area contributed by atoms with Crippen molar-refractivity contribution in [1.29, 1.82) is 0 Å². The Morgan fingerprint density at radius 3 is 1.83 bits per heavy atom. The molecule has 2 aromatic carbocycles. The minimum atomic E-state index is -0.275. The molecule has 2 fully saturated rings. The van der Waals surface area contributed by atoms with Gasteiger partial charge in [0.15, 0.2) is 0 Å². The van der Waals surface area contributed by atoms with Crippen molar-refractivity contribution in [2.45, 2.75) is 63.5 Å². The summed E-state index contributed by atoms with van der Waals surface area (Å²) >= 11 is 8.91. The molecule has 8 aromatic rings. The maximum atomic E-state index is 12.9. The van der Waals surface area contributed by atoms with Gasteiger partial charge in [0, 0.05) is 79.2 Å². The Labute approximate surface area is 373 Å². The number of thiophene rings is 2. The SMILES string of the molecule is CC1C(c2cc3c(Nc4ccc5scnc5c4)ccnc3s2)CCCN1CCF.CC1NCCCC1c1cc2c(Nc3ccc4scnc4c3)ccnc2s1.FCCI. The van der Waals surface area contributed by atoms with E-state index in [4.69, 9.17) is 0 Å². The van der Waals surface area contributed by atoms with Crippen molar-refractivity contribution in [1.82, 2.24) is 30.2 Å². The smallest absolute Gasteiger partial charge is 0.125 e. The molecule has 15 heteroatoms. The predicted molar refractivity (Wildman–Crippen MR) is 258 cm³/mol. The quantitative estimate of drug-likeness (QED) is 0.0973. The van der Waals surface area contributed by atoms with Gasteiger partial charge in [-0.15, -0.1) is 45.3 Å². The normalized spacial score (nSPS) is 19.7. The van der Waals surface area contributed by atoms with E-state index in [9.17, 15) is 8.78 Å². The van der Waals surface area contributed by atoms with Gasteiger partial charge in [-0.3, -0.25) is 9.29 Å². The third-order valence-corrected chi connectivity index (χ3v) is 15.6. The molecule has 0 amide bonds. The van der Waals surface area contributed by atoms with Gasteiger partial charge in [-0.25, -0.2) is 24.3 Å². The van der Waals surface area contributed by atoms with Crippen LogP contribution in [0.25, 0.3) is 40.9 Å². The van der Waals surface area contributed by atoms with E-state index in [2.05, 4.69) is 109 Å². The van der Waals surface area contributed by atoms with Crippen LogP contribution in [0.15, 0.2) is 84.1 Å². The highest BCUT2D eigenvalue weighted by atomic mass is 127. The van der Waals surface area contributed by atoms with Gasteiger partial charge in [-0.05, 0) is 113 Å². The Hall–Kier alpha value is -3.45. The Kier molecular flexibility index (Phi) is 14.3. The molecule has 8 heterocycles. The molecular formula is C44H47F2IN8S4. The molecule has 4 unspecified atom stereocenters. The number of thiazole rings is 2. The van der Waals surface area contributed by atoms with Gasteiger partial charge in [0.2, 0.25) is 0 Å². The average molecular weight is 981 g/mol. The first-order valence-corrected chi connectivity index (χ1v) is 25.0. The monoisotopic (exact) mass is 980 g/mol. The van der Waals surface area contributed by atoms with E-state index in [0.29, 0.717) is 34.9 Å². The first kappa shape index (κ1) is 42.2. The van der Waals surface area contributed by atoms with Gasteiger partial charge in [0.05, 0.1) is 49.5 Å². The van der Waals surface area contributed by atoms with E-state index in [1.54, 1.807) is 34.0 Å². The molecule has 8 nitrogen and oxygen atoms in total. The molecule has 2 aliphatic heterocycles. The van der Waals surface area contributed by atoms with E-state index in [-0.39, 0.29) is 13.3 Å². The summed E-state index contributed by atoms with van der Waals surface area (Å²) in [5, 5.41) is 13.1. The molecule has 0 radical (unpaired) electrons. The van der Waals surface area contributed by atoms with Gasteiger partial charge in [-0.2, -0.15) is 0 Å². The summed E-state index contributed by atoms with van der Waals surface area (Å²) in [7, 11) is 0. The fourth-order valence-electron chi connectivity index (χ4n) is 8.13. The molecule has 3 N–H and O–H groups in total. The number of benzene rings is 2. The number of anilines is 4. The molecule has 0 saturated carbocycles. The first-order chi connectivity index (χ1) is 28.9. The summed E-state index contributed by atoms with van der Waals surface area (Å²) in [4.78, 5) is 25.3. The molecule has 59 heavy (non-hydrogen) atoms. The lowest BCUT2D eigenvalue weighted by Gasteiger charge is -2.38. The largest absolute Gasteiger partial charge is 0.355 e. The second-order valence-electron chi connectivity index (χ2n) is 14.9. The first-order valence-electron chi connectivity index (χ1n) is 20.0. The van der Waals surface area contributed by atoms with Crippen molar-refractivity contribution in [3.05, 3.63) is 93.8 Å². The third kappa shape index (κ3) is 9.87. The van der Waals surface area contributed by atoms with Crippen LogP contribution in [0.4, 0.5) is 31.5 Å². The van der Waals surface area contributed by atoms with Crippen LogP contribution in [-0.4, -0.2) is 74.3 Å². The fraction of sp³-hybridized carbons (Fsp3) is 0.364. The minimum Gasteiger partial charge on any atom is -0.355 e. The van der Waals surface area contributed by atoms with Crippen LogP contribution in [-0.2, 0) is 0 Å². The highest BCUT2D eigenvalue weighted by molar-refractivity contribution is 14.1. The van der Waals surface area contributed by atoms with Crippen molar-refractivity contribution in [3.63, 3.8) is 0 Å². The second kappa shape index (κ2) is 19.9. The zero-order valence-electron chi connectivity index (χ0n) is 33.0. The number of aromatic nitrogens is 4. The minimum absolute atomic E-state index is 0.194. The summed E-state index contributed by atoms with van der Waals surface area (Å²) in [5.74, 6) is 1.02. The Morgan fingerprint density at radius 1 is 0.729 bits per heavy atom. The Morgan fingerprint density at radius 2 is 1.29 bits per heavy atom. The van der Waals surface area contributed by atoms with Gasteiger partial charge in [0.1, 0.15) is 16.3 Å². The Balaban J connectivity index is 0.000000151. The van der Waals surface area contributed by atoms with E-state index in [1.165, 1.54) is 37.4 Å².